The van der Waals surface area contributed by atoms with Crippen molar-refractivity contribution < 1.29 is 24.1 Å². The second-order valence-corrected chi connectivity index (χ2v) is 12.5. The Bertz CT molecular complexity index is 802. The number of fused-ring (bicyclic) bond motifs is 5. The molecule has 1 N–H and O–H groups in total. The highest BCUT2D eigenvalue weighted by Gasteiger charge is 2.70. The maximum atomic E-state index is 12.5. The van der Waals surface area contributed by atoms with E-state index in [1.807, 2.05) is 0 Å². The van der Waals surface area contributed by atoms with E-state index in [9.17, 15) is 9.90 Å². The fraction of sp³-hybridized carbons (Fsp3) is 0.897. The van der Waals surface area contributed by atoms with Gasteiger partial charge in [0, 0.05) is 24.9 Å². The van der Waals surface area contributed by atoms with E-state index in [2.05, 4.69) is 19.9 Å². The molecule has 5 aliphatic carbocycles. The first-order valence-corrected chi connectivity index (χ1v) is 14.0. The van der Waals surface area contributed by atoms with Gasteiger partial charge < -0.3 is 19.3 Å². The minimum atomic E-state index is -0.749. The van der Waals surface area contributed by atoms with Crippen LogP contribution in [0.1, 0.15) is 97.8 Å². The first kappa shape index (κ1) is 24.8. The molecule has 5 rings (SSSR count). The maximum Gasteiger partial charge on any atom is 0.303 e. The molecule has 192 valence electrons. The van der Waals surface area contributed by atoms with Gasteiger partial charge in [-0.25, -0.2) is 0 Å². The fourth-order valence-corrected chi connectivity index (χ4v) is 9.63. The quantitative estimate of drug-likeness (QED) is 0.300. The SMILES string of the molecule is CO[C@H](OC1CCCC1)[C@@]1(OC(C)=O)CC[C@H]2[C@@H]3[C@H](C)CC4=CCCC[C@]4(CO)[C@H]3CC[C@@]21C. The normalized spacial score (nSPS) is 45.1. The Hall–Kier alpha value is -0.910. The molecule has 8 atom stereocenters. The van der Waals surface area contributed by atoms with E-state index in [1.54, 1.807) is 7.11 Å². The van der Waals surface area contributed by atoms with Crippen molar-refractivity contribution in [2.24, 2.45) is 34.5 Å². The molecule has 0 aromatic carbocycles. The van der Waals surface area contributed by atoms with Gasteiger partial charge in [-0.2, -0.15) is 0 Å². The summed E-state index contributed by atoms with van der Waals surface area (Å²) >= 11 is 0. The van der Waals surface area contributed by atoms with E-state index in [-0.39, 0.29) is 29.5 Å². The summed E-state index contributed by atoms with van der Waals surface area (Å²) < 4.78 is 19.0. The van der Waals surface area contributed by atoms with Gasteiger partial charge in [-0.15, -0.1) is 0 Å². The number of methoxy groups -OCH3 is 1. The third kappa shape index (κ3) is 3.55. The predicted molar refractivity (Wildman–Crippen MR) is 131 cm³/mol. The lowest BCUT2D eigenvalue weighted by atomic mass is 9.44. The summed E-state index contributed by atoms with van der Waals surface area (Å²) in [5.74, 6) is 1.82. The van der Waals surface area contributed by atoms with Gasteiger partial charge in [0.15, 0.2) is 11.9 Å². The third-order valence-corrected chi connectivity index (χ3v) is 11.1. The van der Waals surface area contributed by atoms with Crippen LogP contribution < -0.4 is 0 Å². The molecule has 5 aliphatic rings. The fourth-order valence-electron chi connectivity index (χ4n) is 9.63. The average Bonchev–Trinajstić information content (AvgIpc) is 3.43. The topological polar surface area (TPSA) is 65.0 Å². The zero-order valence-electron chi connectivity index (χ0n) is 21.8. The molecule has 0 aliphatic heterocycles. The standard InChI is InChI=1S/C29H46O5/c1-19-17-21-9-7-8-14-28(21,18-30)24-12-15-27(3)23(25(19)24)13-16-29(27,34-20(2)31)26(32-4)33-22-10-5-6-11-22/h9,19,22-26,30H,5-8,10-18H2,1-4H3/t19-,23+,24+,25+,26-,27+,28-,29+/m1/s1. The summed E-state index contributed by atoms with van der Waals surface area (Å²) in [6, 6.07) is 0. The Morgan fingerprint density at radius 2 is 1.85 bits per heavy atom. The average molecular weight is 475 g/mol. The lowest BCUT2D eigenvalue weighted by Crippen LogP contribution is -2.63. The summed E-state index contributed by atoms with van der Waals surface area (Å²) in [5, 5.41) is 10.8. The molecule has 0 aromatic rings. The van der Waals surface area contributed by atoms with Crippen LogP contribution in [0.2, 0.25) is 0 Å². The monoisotopic (exact) mass is 474 g/mol. The van der Waals surface area contributed by atoms with Crippen LogP contribution in [0.5, 0.6) is 0 Å². The van der Waals surface area contributed by atoms with Gasteiger partial charge in [0.25, 0.3) is 0 Å². The number of aliphatic hydroxyl groups excluding tert-OH is 1. The highest BCUT2D eigenvalue weighted by molar-refractivity contribution is 5.67. The van der Waals surface area contributed by atoms with Crippen LogP contribution in [0.15, 0.2) is 11.6 Å². The van der Waals surface area contributed by atoms with Crippen molar-refractivity contribution in [1.82, 2.24) is 0 Å². The summed E-state index contributed by atoms with van der Waals surface area (Å²) in [4.78, 5) is 12.5. The smallest absolute Gasteiger partial charge is 0.303 e. The molecule has 5 nitrogen and oxygen atoms in total. The van der Waals surface area contributed by atoms with Gasteiger partial charge in [0.2, 0.25) is 0 Å². The minimum Gasteiger partial charge on any atom is -0.453 e. The van der Waals surface area contributed by atoms with Crippen molar-refractivity contribution in [2.45, 2.75) is 116 Å². The first-order chi connectivity index (χ1) is 16.3. The lowest BCUT2D eigenvalue weighted by molar-refractivity contribution is -0.290. The number of rotatable bonds is 6. The number of hydrogen-bond donors (Lipinski definition) is 1. The molecule has 0 spiro atoms. The van der Waals surface area contributed by atoms with E-state index in [0.29, 0.717) is 23.7 Å². The number of esters is 1. The lowest BCUT2D eigenvalue weighted by Gasteiger charge is -2.62. The molecule has 5 heteroatoms. The Labute approximate surface area is 206 Å². The molecule has 4 saturated carbocycles. The van der Waals surface area contributed by atoms with Gasteiger partial charge in [0.1, 0.15) is 0 Å². The highest BCUT2D eigenvalue weighted by Crippen LogP contribution is 2.70. The minimum absolute atomic E-state index is 0.0373. The number of aliphatic hydroxyl groups is 1. The number of ether oxygens (including phenoxy) is 3. The second kappa shape index (κ2) is 9.19. The molecule has 0 saturated heterocycles. The summed E-state index contributed by atoms with van der Waals surface area (Å²) in [7, 11) is 1.72. The van der Waals surface area contributed by atoms with Crippen molar-refractivity contribution in [3.05, 3.63) is 11.6 Å². The number of allylic oxidation sites excluding steroid dienone is 1. The molecular formula is C29H46O5. The van der Waals surface area contributed by atoms with Gasteiger partial charge in [-0.05, 0) is 87.9 Å². The van der Waals surface area contributed by atoms with E-state index >= 15 is 0 Å². The van der Waals surface area contributed by atoms with E-state index in [4.69, 9.17) is 14.2 Å². The molecule has 0 radical (unpaired) electrons. The first-order valence-electron chi connectivity index (χ1n) is 14.0. The Morgan fingerprint density at radius 3 is 2.53 bits per heavy atom. The molecular weight excluding hydrogens is 428 g/mol. The number of hydrogen-bond acceptors (Lipinski definition) is 5. The van der Waals surface area contributed by atoms with E-state index < -0.39 is 11.9 Å². The largest absolute Gasteiger partial charge is 0.453 e. The van der Waals surface area contributed by atoms with Gasteiger partial charge in [-0.1, -0.05) is 38.3 Å². The van der Waals surface area contributed by atoms with Crippen molar-refractivity contribution in [3.8, 4) is 0 Å². The molecule has 34 heavy (non-hydrogen) atoms. The molecule has 4 fully saturated rings. The van der Waals surface area contributed by atoms with Crippen LogP contribution in [0, 0.1) is 34.5 Å². The van der Waals surface area contributed by atoms with Gasteiger partial charge in [0.05, 0.1) is 12.7 Å². The number of carbonyl (C=O) groups is 1. The van der Waals surface area contributed by atoms with Crippen LogP contribution in [-0.4, -0.2) is 42.8 Å². The van der Waals surface area contributed by atoms with Crippen LogP contribution in [0.3, 0.4) is 0 Å². The maximum absolute atomic E-state index is 12.5. The van der Waals surface area contributed by atoms with Gasteiger partial charge in [-0.3, -0.25) is 4.79 Å². The van der Waals surface area contributed by atoms with Crippen molar-refractivity contribution in [2.75, 3.05) is 13.7 Å². The molecule has 0 amide bonds. The van der Waals surface area contributed by atoms with E-state index in [0.717, 1.165) is 57.8 Å². The number of carbonyl (C=O) groups excluding carboxylic acids is 1. The second-order valence-electron chi connectivity index (χ2n) is 12.5. The van der Waals surface area contributed by atoms with Crippen LogP contribution in [-0.2, 0) is 19.0 Å². The van der Waals surface area contributed by atoms with Crippen molar-refractivity contribution in [1.29, 1.82) is 0 Å². The van der Waals surface area contributed by atoms with Crippen LogP contribution in [0.25, 0.3) is 0 Å². The van der Waals surface area contributed by atoms with Crippen molar-refractivity contribution in [3.63, 3.8) is 0 Å². The third-order valence-electron chi connectivity index (χ3n) is 11.1. The zero-order chi connectivity index (χ0) is 24.1. The molecule has 0 aromatic heterocycles. The summed E-state index contributed by atoms with van der Waals surface area (Å²) in [6.45, 7) is 6.60. The molecule has 0 unspecified atom stereocenters. The Balaban J connectivity index is 1.51. The Morgan fingerprint density at radius 1 is 1.12 bits per heavy atom. The predicted octanol–water partition coefficient (Wildman–Crippen LogP) is 5.79. The van der Waals surface area contributed by atoms with E-state index in [1.165, 1.54) is 31.8 Å². The zero-order valence-corrected chi connectivity index (χ0v) is 21.8. The summed E-state index contributed by atoms with van der Waals surface area (Å²) in [6.07, 6.45) is 15.1. The van der Waals surface area contributed by atoms with Gasteiger partial charge >= 0.3 is 5.97 Å². The highest BCUT2D eigenvalue weighted by atomic mass is 16.7. The Kier molecular flexibility index (Phi) is 6.70. The van der Waals surface area contributed by atoms with Crippen LogP contribution in [0.4, 0.5) is 0 Å². The van der Waals surface area contributed by atoms with Crippen molar-refractivity contribution >= 4 is 5.97 Å². The van der Waals surface area contributed by atoms with Crippen LogP contribution >= 0.6 is 0 Å². The summed E-state index contributed by atoms with van der Waals surface area (Å²) in [5.41, 5.74) is 0.549. The molecule has 0 heterocycles. The molecule has 0 bridgehead atoms.